The molecule has 3 aromatic rings. The van der Waals surface area contributed by atoms with Gasteiger partial charge in [0, 0.05) is 11.2 Å². The molecule has 0 N–H and O–H groups in total. The van der Waals surface area contributed by atoms with E-state index in [9.17, 15) is 0 Å². The Hall–Kier alpha value is -1.03. The van der Waals surface area contributed by atoms with Crippen LogP contribution in [0.2, 0.25) is 10.0 Å². The number of fused-ring (bicyclic) bond motifs is 1. The van der Waals surface area contributed by atoms with E-state index in [1.54, 1.807) is 6.07 Å². The van der Waals surface area contributed by atoms with Gasteiger partial charge in [-0.2, -0.15) is 0 Å². The van der Waals surface area contributed by atoms with Crippen LogP contribution in [0.15, 0.2) is 46.9 Å². The highest BCUT2D eigenvalue weighted by Gasteiger charge is 2.14. The van der Waals surface area contributed by atoms with Gasteiger partial charge in [-0.1, -0.05) is 57.3 Å². The predicted molar refractivity (Wildman–Crippen MR) is 85.8 cm³/mol. The summed E-state index contributed by atoms with van der Waals surface area (Å²) in [5, 5.41) is 1.10. The molecule has 1 aromatic heterocycles. The van der Waals surface area contributed by atoms with Gasteiger partial charge in [0.05, 0.1) is 10.0 Å². The van der Waals surface area contributed by atoms with Crippen molar-refractivity contribution in [2.75, 3.05) is 0 Å². The minimum Gasteiger partial charge on any atom is -0.441 e. The molecule has 0 aliphatic carbocycles. The quantitative estimate of drug-likeness (QED) is 0.543. The summed E-state index contributed by atoms with van der Waals surface area (Å²) in [6.45, 7) is 0. The van der Waals surface area contributed by atoms with Crippen molar-refractivity contribution in [3.05, 3.63) is 64.0 Å². The van der Waals surface area contributed by atoms with Crippen molar-refractivity contribution in [2.45, 2.75) is 11.2 Å². The van der Waals surface area contributed by atoms with Crippen LogP contribution in [-0.2, 0) is 6.42 Å². The summed E-state index contributed by atoms with van der Waals surface area (Å²) in [5.74, 6) is 0.694. The lowest BCUT2D eigenvalue weighted by atomic mass is 10.1. The van der Waals surface area contributed by atoms with E-state index >= 15 is 0 Å². The van der Waals surface area contributed by atoms with E-state index in [1.165, 1.54) is 0 Å². The van der Waals surface area contributed by atoms with E-state index in [-0.39, 0.29) is 4.83 Å². The van der Waals surface area contributed by atoms with Crippen molar-refractivity contribution in [1.29, 1.82) is 0 Å². The van der Waals surface area contributed by atoms with Gasteiger partial charge in [-0.05, 0) is 29.8 Å². The summed E-state index contributed by atoms with van der Waals surface area (Å²) in [6, 6.07) is 13.3. The van der Waals surface area contributed by atoms with Gasteiger partial charge < -0.3 is 4.42 Å². The second kappa shape index (κ2) is 5.76. The Balaban J connectivity index is 1.84. The summed E-state index contributed by atoms with van der Waals surface area (Å²) >= 11 is 15.6. The Bertz CT molecular complexity index is 723. The molecule has 0 saturated heterocycles. The van der Waals surface area contributed by atoms with Crippen LogP contribution < -0.4 is 0 Å². The van der Waals surface area contributed by atoms with Crippen LogP contribution in [0, 0.1) is 0 Å². The molecule has 2 aromatic carbocycles. The molecule has 5 heteroatoms. The first-order valence-corrected chi connectivity index (χ1v) is 7.74. The minimum atomic E-state index is 0.0744. The molecule has 1 atom stereocenters. The summed E-state index contributed by atoms with van der Waals surface area (Å²) in [6.07, 6.45) is 0.645. The second-order valence-electron chi connectivity index (χ2n) is 4.42. The van der Waals surface area contributed by atoms with Gasteiger partial charge in [-0.25, -0.2) is 4.98 Å². The van der Waals surface area contributed by atoms with Crippen molar-refractivity contribution in [2.24, 2.45) is 0 Å². The molecule has 0 saturated carbocycles. The standard InChI is InChI=1S/C15H10BrCl2NO/c16-10(9-5-6-11(17)12(18)7-9)8-15-19-13-3-1-2-4-14(13)20-15/h1-7,10H,8H2. The zero-order valence-electron chi connectivity index (χ0n) is 10.3. The number of hydrogen-bond donors (Lipinski definition) is 0. The lowest BCUT2D eigenvalue weighted by Crippen LogP contribution is -1.95. The molecule has 20 heavy (non-hydrogen) atoms. The Kier molecular flexibility index (Phi) is 4.01. The maximum atomic E-state index is 6.03. The fourth-order valence-corrected chi connectivity index (χ4v) is 2.85. The smallest absolute Gasteiger partial charge is 0.196 e. The van der Waals surface area contributed by atoms with Gasteiger partial charge >= 0.3 is 0 Å². The topological polar surface area (TPSA) is 26.0 Å². The largest absolute Gasteiger partial charge is 0.441 e. The summed E-state index contributed by atoms with van der Waals surface area (Å²) in [5.41, 5.74) is 2.72. The van der Waals surface area contributed by atoms with Crippen molar-refractivity contribution in [1.82, 2.24) is 4.98 Å². The van der Waals surface area contributed by atoms with Crippen LogP contribution in [-0.4, -0.2) is 4.98 Å². The average molecular weight is 371 g/mol. The second-order valence-corrected chi connectivity index (χ2v) is 6.34. The molecule has 0 radical (unpaired) electrons. The third-order valence-electron chi connectivity index (χ3n) is 3.00. The van der Waals surface area contributed by atoms with Gasteiger partial charge in [0.1, 0.15) is 5.52 Å². The molecule has 0 amide bonds. The Morgan fingerprint density at radius 2 is 1.90 bits per heavy atom. The maximum absolute atomic E-state index is 6.03. The van der Waals surface area contributed by atoms with Crippen LogP contribution in [0.1, 0.15) is 16.3 Å². The minimum absolute atomic E-state index is 0.0744. The number of aromatic nitrogens is 1. The maximum Gasteiger partial charge on any atom is 0.196 e. The van der Waals surface area contributed by atoms with Crippen LogP contribution in [0.25, 0.3) is 11.1 Å². The SMILES string of the molecule is Clc1ccc(C(Br)Cc2nc3ccccc3o2)cc1Cl. The van der Waals surface area contributed by atoms with E-state index in [0.717, 1.165) is 16.7 Å². The van der Waals surface area contributed by atoms with E-state index in [0.29, 0.717) is 22.4 Å². The van der Waals surface area contributed by atoms with Gasteiger partial charge in [-0.3, -0.25) is 0 Å². The average Bonchev–Trinajstić information content (AvgIpc) is 2.83. The van der Waals surface area contributed by atoms with Crippen molar-refractivity contribution in [3.63, 3.8) is 0 Å². The molecular weight excluding hydrogens is 361 g/mol. The van der Waals surface area contributed by atoms with Crippen molar-refractivity contribution in [3.8, 4) is 0 Å². The molecule has 0 bridgehead atoms. The zero-order valence-corrected chi connectivity index (χ0v) is 13.4. The van der Waals surface area contributed by atoms with E-state index in [4.69, 9.17) is 27.6 Å². The molecule has 3 rings (SSSR count). The van der Waals surface area contributed by atoms with E-state index in [2.05, 4.69) is 20.9 Å². The van der Waals surface area contributed by atoms with Crippen molar-refractivity contribution >= 4 is 50.2 Å². The van der Waals surface area contributed by atoms with Crippen molar-refractivity contribution < 1.29 is 4.42 Å². The molecule has 0 fully saturated rings. The van der Waals surface area contributed by atoms with E-state index in [1.807, 2.05) is 36.4 Å². The molecule has 102 valence electrons. The molecule has 0 aliphatic rings. The van der Waals surface area contributed by atoms with Crippen LogP contribution in [0.5, 0.6) is 0 Å². The molecule has 2 nitrogen and oxygen atoms in total. The molecule has 0 spiro atoms. The first-order valence-electron chi connectivity index (χ1n) is 6.07. The number of alkyl halides is 1. The van der Waals surface area contributed by atoms with Crippen LogP contribution in [0.4, 0.5) is 0 Å². The van der Waals surface area contributed by atoms with Crippen LogP contribution >= 0.6 is 39.1 Å². The third-order valence-corrected chi connectivity index (χ3v) is 4.59. The van der Waals surface area contributed by atoms with E-state index < -0.39 is 0 Å². The van der Waals surface area contributed by atoms with Gasteiger partial charge in [0.25, 0.3) is 0 Å². The first-order chi connectivity index (χ1) is 9.63. The first kappa shape index (κ1) is 13.9. The Labute approximate surface area is 134 Å². The molecule has 1 unspecified atom stereocenters. The molecule has 0 aliphatic heterocycles. The summed E-state index contributed by atoms with van der Waals surface area (Å²) in [7, 11) is 0. The van der Waals surface area contributed by atoms with Gasteiger partial charge in [0.15, 0.2) is 11.5 Å². The number of benzene rings is 2. The third kappa shape index (κ3) is 2.85. The number of nitrogens with zero attached hydrogens (tertiary/aromatic N) is 1. The number of rotatable bonds is 3. The number of para-hydroxylation sites is 2. The fourth-order valence-electron chi connectivity index (χ4n) is 1.99. The van der Waals surface area contributed by atoms with Gasteiger partial charge in [0.2, 0.25) is 0 Å². The Morgan fingerprint density at radius 3 is 2.65 bits per heavy atom. The zero-order chi connectivity index (χ0) is 14.1. The number of halogens is 3. The van der Waals surface area contributed by atoms with Gasteiger partial charge in [-0.15, -0.1) is 0 Å². The fraction of sp³-hybridized carbons (Fsp3) is 0.133. The number of hydrogen-bond acceptors (Lipinski definition) is 2. The highest BCUT2D eigenvalue weighted by molar-refractivity contribution is 9.09. The lowest BCUT2D eigenvalue weighted by molar-refractivity contribution is 0.527. The monoisotopic (exact) mass is 369 g/mol. The summed E-state index contributed by atoms with van der Waals surface area (Å²) in [4.78, 5) is 4.54. The molecule has 1 heterocycles. The number of oxazole rings is 1. The predicted octanol–water partition coefficient (Wildman–Crippen LogP) is 5.81. The highest BCUT2D eigenvalue weighted by Crippen LogP contribution is 2.32. The van der Waals surface area contributed by atoms with Crippen LogP contribution in [0.3, 0.4) is 0 Å². The summed E-state index contributed by atoms with van der Waals surface area (Å²) < 4.78 is 5.71. The molecular formula is C15H10BrCl2NO. The normalized spacial score (nSPS) is 12.8. The Morgan fingerprint density at radius 1 is 1.10 bits per heavy atom. The highest BCUT2D eigenvalue weighted by atomic mass is 79.9. The lowest BCUT2D eigenvalue weighted by Gasteiger charge is -2.08.